The molecule has 0 spiro atoms. The van der Waals surface area contributed by atoms with Crippen LogP contribution in [-0.2, 0) is 6.61 Å². The molecule has 1 aliphatic rings. The fourth-order valence-corrected chi connectivity index (χ4v) is 2.82. The molecule has 0 bridgehead atoms. The molecule has 0 saturated heterocycles. The Morgan fingerprint density at radius 1 is 1.22 bits per heavy atom. The number of aliphatic hydroxyl groups is 1. The van der Waals surface area contributed by atoms with Gasteiger partial charge in [-0.1, -0.05) is 38.5 Å². The summed E-state index contributed by atoms with van der Waals surface area (Å²) < 4.78 is 0. The minimum Gasteiger partial charge on any atom is -0.392 e. The van der Waals surface area contributed by atoms with Gasteiger partial charge in [-0.25, -0.2) is 0 Å². The minimum atomic E-state index is 0.112. The van der Waals surface area contributed by atoms with Gasteiger partial charge in [-0.05, 0) is 37.2 Å². The first-order valence-corrected chi connectivity index (χ1v) is 7.06. The first-order chi connectivity index (χ1) is 8.61. The molecular formula is C16H25NO. The van der Waals surface area contributed by atoms with Crippen molar-refractivity contribution in [2.45, 2.75) is 58.6 Å². The van der Waals surface area contributed by atoms with Gasteiger partial charge in [-0.2, -0.15) is 0 Å². The molecule has 0 heterocycles. The summed E-state index contributed by atoms with van der Waals surface area (Å²) in [6, 6.07) is 8.62. The Morgan fingerprint density at radius 2 is 2.00 bits per heavy atom. The molecule has 2 N–H and O–H groups in total. The molecule has 1 atom stereocenters. The average molecular weight is 247 g/mol. The molecule has 1 aromatic carbocycles. The van der Waals surface area contributed by atoms with E-state index in [1.165, 1.54) is 32.1 Å². The number of hydrogen-bond donors (Lipinski definition) is 2. The van der Waals surface area contributed by atoms with Gasteiger partial charge in [0.15, 0.2) is 0 Å². The van der Waals surface area contributed by atoms with Crippen molar-refractivity contribution in [1.82, 2.24) is 0 Å². The van der Waals surface area contributed by atoms with Crippen LogP contribution >= 0.6 is 0 Å². The summed E-state index contributed by atoms with van der Waals surface area (Å²) in [6.45, 7) is 4.86. The highest BCUT2D eigenvalue weighted by Gasteiger charge is 2.24. The van der Waals surface area contributed by atoms with Crippen LogP contribution in [0.3, 0.4) is 0 Å². The molecule has 100 valence electrons. The van der Waals surface area contributed by atoms with Crippen LogP contribution < -0.4 is 5.32 Å². The van der Waals surface area contributed by atoms with Gasteiger partial charge in [0.05, 0.1) is 6.61 Å². The van der Waals surface area contributed by atoms with Crippen LogP contribution in [0, 0.1) is 5.41 Å². The third-order valence-electron chi connectivity index (χ3n) is 4.12. The van der Waals surface area contributed by atoms with E-state index in [0.717, 1.165) is 11.3 Å². The first kappa shape index (κ1) is 13.4. The largest absolute Gasteiger partial charge is 0.392 e. The fourth-order valence-electron chi connectivity index (χ4n) is 2.82. The molecule has 1 fully saturated rings. The molecule has 2 nitrogen and oxygen atoms in total. The van der Waals surface area contributed by atoms with E-state index in [-0.39, 0.29) is 6.61 Å². The van der Waals surface area contributed by atoms with Crippen molar-refractivity contribution in [3.63, 3.8) is 0 Å². The van der Waals surface area contributed by atoms with Crippen molar-refractivity contribution in [3.05, 3.63) is 29.8 Å². The molecule has 0 aromatic heterocycles. The average Bonchev–Trinajstić information content (AvgIpc) is 2.52. The lowest BCUT2D eigenvalue weighted by Gasteiger charge is -2.23. The summed E-state index contributed by atoms with van der Waals surface area (Å²) in [7, 11) is 0. The van der Waals surface area contributed by atoms with Crippen molar-refractivity contribution in [1.29, 1.82) is 0 Å². The molecular weight excluding hydrogens is 222 g/mol. The zero-order chi connectivity index (χ0) is 13.0. The Morgan fingerprint density at radius 3 is 2.78 bits per heavy atom. The Labute approximate surface area is 110 Å². The summed E-state index contributed by atoms with van der Waals surface area (Å²) in [5.74, 6) is 0. The van der Waals surface area contributed by atoms with Crippen LogP contribution in [0.5, 0.6) is 0 Å². The third-order valence-corrected chi connectivity index (χ3v) is 4.12. The second-order valence-corrected chi connectivity index (χ2v) is 6.25. The number of benzene rings is 1. The van der Waals surface area contributed by atoms with Gasteiger partial charge in [0.25, 0.3) is 0 Å². The Balaban J connectivity index is 2.01. The van der Waals surface area contributed by atoms with Crippen molar-refractivity contribution in [2.75, 3.05) is 5.32 Å². The summed E-state index contributed by atoms with van der Waals surface area (Å²) in [5, 5.41) is 13.0. The monoisotopic (exact) mass is 247 g/mol. The van der Waals surface area contributed by atoms with E-state index >= 15 is 0 Å². The summed E-state index contributed by atoms with van der Waals surface area (Å²) in [5.41, 5.74) is 2.60. The molecule has 1 unspecified atom stereocenters. The topological polar surface area (TPSA) is 32.3 Å². The number of rotatable bonds is 3. The molecule has 2 heteroatoms. The molecule has 0 aliphatic heterocycles. The van der Waals surface area contributed by atoms with Gasteiger partial charge in [0.2, 0.25) is 0 Å². The number of nitrogens with one attached hydrogen (secondary N) is 1. The molecule has 1 aromatic rings. The normalized spacial score (nSPS) is 23.4. The van der Waals surface area contributed by atoms with Gasteiger partial charge < -0.3 is 10.4 Å². The number of hydrogen-bond acceptors (Lipinski definition) is 2. The predicted octanol–water partition coefficient (Wildman–Crippen LogP) is 3.95. The van der Waals surface area contributed by atoms with Gasteiger partial charge in [0, 0.05) is 17.3 Å². The molecule has 0 amide bonds. The molecule has 0 radical (unpaired) electrons. The van der Waals surface area contributed by atoms with Crippen molar-refractivity contribution >= 4 is 5.69 Å². The summed E-state index contributed by atoms with van der Waals surface area (Å²) in [4.78, 5) is 0. The third kappa shape index (κ3) is 3.49. The highest BCUT2D eigenvalue weighted by Crippen LogP contribution is 2.34. The number of para-hydroxylation sites is 1. The van der Waals surface area contributed by atoms with E-state index in [1.54, 1.807) is 0 Å². The first-order valence-electron chi connectivity index (χ1n) is 7.06. The maximum atomic E-state index is 9.35. The quantitative estimate of drug-likeness (QED) is 0.793. The maximum Gasteiger partial charge on any atom is 0.0701 e. The zero-order valence-corrected chi connectivity index (χ0v) is 11.6. The van der Waals surface area contributed by atoms with Crippen LogP contribution in [0.4, 0.5) is 5.69 Å². The van der Waals surface area contributed by atoms with Gasteiger partial charge >= 0.3 is 0 Å². The molecule has 2 rings (SSSR count). The molecule has 18 heavy (non-hydrogen) atoms. The van der Waals surface area contributed by atoms with Crippen LogP contribution in [-0.4, -0.2) is 11.1 Å². The second kappa shape index (κ2) is 5.75. The van der Waals surface area contributed by atoms with E-state index in [4.69, 9.17) is 0 Å². The smallest absolute Gasteiger partial charge is 0.0701 e. The van der Waals surface area contributed by atoms with Crippen molar-refractivity contribution in [2.24, 2.45) is 5.41 Å². The Hall–Kier alpha value is -1.02. The summed E-state index contributed by atoms with van der Waals surface area (Å²) >= 11 is 0. The van der Waals surface area contributed by atoms with Crippen LogP contribution in [0.25, 0.3) is 0 Å². The van der Waals surface area contributed by atoms with E-state index in [2.05, 4.69) is 25.2 Å². The highest BCUT2D eigenvalue weighted by atomic mass is 16.3. The van der Waals surface area contributed by atoms with Gasteiger partial charge in [-0.3, -0.25) is 0 Å². The molecule has 1 saturated carbocycles. The number of aliphatic hydroxyl groups excluding tert-OH is 1. The van der Waals surface area contributed by atoms with Crippen LogP contribution in [0.1, 0.15) is 51.5 Å². The van der Waals surface area contributed by atoms with Gasteiger partial charge in [0.1, 0.15) is 0 Å². The minimum absolute atomic E-state index is 0.112. The summed E-state index contributed by atoms with van der Waals surface area (Å²) in [6.07, 6.45) is 6.38. The van der Waals surface area contributed by atoms with E-state index in [9.17, 15) is 5.11 Å². The van der Waals surface area contributed by atoms with E-state index in [0.29, 0.717) is 11.5 Å². The number of anilines is 1. The fraction of sp³-hybridized carbons (Fsp3) is 0.625. The van der Waals surface area contributed by atoms with Crippen molar-refractivity contribution in [3.8, 4) is 0 Å². The Kier molecular flexibility index (Phi) is 4.28. The second-order valence-electron chi connectivity index (χ2n) is 6.25. The van der Waals surface area contributed by atoms with E-state index < -0.39 is 0 Å². The van der Waals surface area contributed by atoms with Crippen LogP contribution in [0.2, 0.25) is 0 Å². The van der Waals surface area contributed by atoms with Crippen molar-refractivity contribution < 1.29 is 5.11 Å². The Bertz CT molecular complexity index is 386. The maximum absolute atomic E-state index is 9.35. The molecule has 1 aliphatic carbocycles. The lowest BCUT2D eigenvalue weighted by molar-refractivity contribution is 0.282. The standard InChI is InChI=1S/C16H25NO/c1-16(2)10-5-7-14(9-11-16)17-15-8-4-3-6-13(15)12-18/h3-4,6,8,14,17-18H,5,7,9-12H2,1-2H3. The van der Waals surface area contributed by atoms with E-state index in [1.807, 2.05) is 18.2 Å². The van der Waals surface area contributed by atoms with Crippen LogP contribution in [0.15, 0.2) is 24.3 Å². The predicted molar refractivity (Wildman–Crippen MR) is 76.6 cm³/mol. The highest BCUT2D eigenvalue weighted by molar-refractivity contribution is 5.51. The lowest BCUT2D eigenvalue weighted by Crippen LogP contribution is -2.20. The van der Waals surface area contributed by atoms with Gasteiger partial charge in [-0.15, -0.1) is 0 Å². The SMILES string of the molecule is CC1(C)CCCC(Nc2ccccc2CO)CC1. The zero-order valence-electron chi connectivity index (χ0n) is 11.6. The lowest BCUT2D eigenvalue weighted by atomic mass is 9.85.